The number of para-hydroxylation sites is 3. The van der Waals surface area contributed by atoms with E-state index < -0.39 is 21.3 Å². The minimum atomic E-state index is -2.16. The van der Waals surface area contributed by atoms with Crippen LogP contribution < -0.4 is 5.19 Å². The van der Waals surface area contributed by atoms with Crippen LogP contribution in [0.25, 0.3) is 72.4 Å². The summed E-state index contributed by atoms with van der Waals surface area (Å²) in [4.78, 5) is 9.69. The normalized spacial score (nSPS) is 13.5. The fourth-order valence-corrected chi connectivity index (χ4v) is 8.96. The van der Waals surface area contributed by atoms with E-state index in [1.165, 1.54) is 22.8 Å². The van der Waals surface area contributed by atoms with Crippen LogP contribution in [0.3, 0.4) is 0 Å². The molecule has 3 aromatic heterocycles. The minimum Gasteiger partial charge on any atom is -0.501 e. The maximum atomic E-state index is 8.59. The van der Waals surface area contributed by atoms with Gasteiger partial charge in [0.15, 0.2) is 0 Å². The average molecular weight is 985 g/mol. The summed E-state index contributed by atoms with van der Waals surface area (Å²) in [6.45, 7) is 14.9. The number of nitrogens with zero attached hydrogens (tertiary/aromatic N) is 3. The summed E-state index contributed by atoms with van der Waals surface area (Å²) in [7, 11) is -1.78. The monoisotopic (exact) mass is 985 g/mol. The van der Waals surface area contributed by atoms with E-state index >= 15 is 0 Å². The number of rotatable bonds is 7. The number of aryl methyl sites for hydroxylation is 1. The molecule has 0 atom stereocenters. The summed E-state index contributed by atoms with van der Waals surface area (Å²) in [5, 5.41) is 3.18. The van der Waals surface area contributed by atoms with Gasteiger partial charge in [-0.2, -0.15) is 0 Å². The molecule has 0 aliphatic heterocycles. The van der Waals surface area contributed by atoms with Crippen molar-refractivity contribution in [3.8, 4) is 39.5 Å². The van der Waals surface area contributed by atoms with E-state index in [2.05, 4.69) is 141 Å². The number of furan rings is 1. The molecule has 0 aliphatic rings. The quantitative estimate of drug-likeness (QED) is 0.118. The molecule has 0 aliphatic carbocycles. The third kappa shape index (κ3) is 8.74. The van der Waals surface area contributed by atoms with Crippen molar-refractivity contribution in [3.63, 3.8) is 0 Å². The molecule has 6 aromatic carbocycles. The summed E-state index contributed by atoms with van der Waals surface area (Å²) < 4.78 is 48.3. The second kappa shape index (κ2) is 17.3. The molecule has 0 N–H and O–H groups in total. The van der Waals surface area contributed by atoms with E-state index in [0.29, 0.717) is 16.8 Å². The van der Waals surface area contributed by atoms with Gasteiger partial charge in [0.25, 0.3) is 0 Å². The van der Waals surface area contributed by atoms with Gasteiger partial charge in [-0.25, -0.2) is 0 Å². The van der Waals surface area contributed by atoms with Crippen molar-refractivity contribution in [3.05, 3.63) is 168 Å². The Morgan fingerprint density at radius 3 is 2.30 bits per heavy atom. The average Bonchev–Trinajstić information content (AvgIpc) is 3.84. The fraction of sp³-hybridized carbons (Fsp3) is 0.222. The van der Waals surface area contributed by atoms with Crippen molar-refractivity contribution in [2.75, 3.05) is 0 Å². The van der Waals surface area contributed by atoms with E-state index in [1.54, 1.807) is 18.3 Å². The van der Waals surface area contributed by atoms with Gasteiger partial charge in [-0.15, -0.1) is 53.6 Å². The molecule has 1 radical (unpaired) electrons. The summed E-state index contributed by atoms with van der Waals surface area (Å²) in [6.07, 6.45) is 0.328. The number of pyridine rings is 1. The summed E-state index contributed by atoms with van der Waals surface area (Å²) in [6, 6.07) is 50.9. The minimum absolute atomic E-state index is 0. The molecule has 0 bridgehead atoms. The summed E-state index contributed by atoms with van der Waals surface area (Å²) in [5.41, 5.74) is 11.4. The third-order valence-electron chi connectivity index (χ3n) is 10.6. The Kier molecular flexibility index (Phi) is 10.5. The van der Waals surface area contributed by atoms with Crippen LogP contribution in [-0.4, -0.2) is 22.6 Å². The van der Waals surface area contributed by atoms with Crippen molar-refractivity contribution >= 4 is 46.2 Å². The van der Waals surface area contributed by atoms with Gasteiger partial charge in [-0.1, -0.05) is 150 Å². The maximum Gasteiger partial charge on any atom is 0.120 e. The molecular formula is C54H53IrN3OSi-2. The fourth-order valence-electron chi connectivity index (χ4n) is 7.56. The van der Waals surface area contributed by atoms with E-state index in [-0.39, 0.29) is 37.0 Å². The van der Waals surface area contributed by atoms with Gasteiger partial charge in [0.1, 0.15) is 5.58 Å². The first kappa shape index (κ1) is 36.5. The van der Waals surface area contributed by atoms with Crippen LogP contribution in [0.5, 0.6) is 0 Å². The molecule has 0 spiro atoms. The molecule has 0 fully saturated rings. The first-order chi connectivity index (χ1) is 30.2. The molecule has 305 valence electrons. The summed E-state index contributed by atoms with van der Waals surface area (Å²) >= 11 is 0. The van der Waals surface area contributed by atoms with Gasteiger partial charge < -0.3 is 14.0 Å². The van der Waals surface area contributed by atoms with Crippen molar-refractivity contribution < 1.29 is 31.4 Å². The Hall–Kier alpha value is -5.39. The van der Waals surface area contributed by atoms with Crippen molar-refractivity contribution in [1.82, 2.24) is 14.5 Å². The van der Waals surface area contributed by atoms with E-state index in [4.69, 9.17) is 16.3 Å². The van der Waals surface area contributed by atoms with Gasteiger partial charge in [-0.05, 0) is 70.0 Å². The van der Waals surface area contributed by atoms with E-state index in [0.717, 1.165) is 55.2 Å². The Balaban J connectivity index is 0.000000206. The predicted molar refractivity (Wildman–Crippen MR) is 252 cm³/mol. The van der Waals surface area contributed by atoms with Crippen LogP contribution in [0.15, 0.2) is 144 Å². The zero-order valence-corrected chi connectivity index (χ0v) is 38.8. The Bertz CT molecular complexity index is 3120. The molecule has 0 unspecified atom stereocenters. The zero-order valence-electron chi connectivity index (χ0n) is 40.4. The topological polar surface area (TPSA) is 43.9 Å². The van der Waals surface area contributed by atoms with E-state index in [9.17, 15) is 0 Å². The molecule has 9 aromatic rings. The second-order valence-electron chi connectivity index (χ2n) is 17.5. The number of aromatic nitrogens is 3. The molecule has 4 nitrogen and oxygen atoms in total. The molecule has 60 heavy (non-hydrogen) atoms. The molecule has 3 heterocycles. The first-order valence-electron chi connectivity index (χ1n) is 22.8. The van der Waals surface area contributed by atoms with Crippen LogP contribution >= 0.6 is 0 Å². The van der Waals surface area contributed by atoms with Crippen LogP contribution in [0, 0.1) is 24.9 Å². The van der Waals surface area contributed by atoms with Gasteiger partial charge in [0, 0.05) is 49.8 Å². The molecule has 9 rings (SSSR count). The SMILES string of the molecule is CC(C)(C)c1ccc(-n2c(-c3[c-]ccc4c3oc3ccccc34)nc3ccccc32)c(-c2ccccc2)c1.[2H]C([2H])([2H])c1c[c-]c(-c2cc(C([2H])([2H])C(C)C)c([Si](C)(C)C)cn2)cc1.[Ir]. The Morgan fingerprint density at radius 2 is 1.58 bits per heavy atom. The van der Waals surface area contributed by atoms with Gasteiger partial charge in [0.05, 0.1) is 30.5 Å². The van der Waals surface area contributed by atoms with Crippen LogP contribution in [0.4, 0.5) is 0 Å². The number of fused-ring (bicyclic) bond motifs is 4. The van der Waals surface area contributed by atoms with Gasteiger partial charge in [-0.3, -0.25) is 4.98 Å². The molecule has 0 saturated heterocycles. The van der Waals surface area contributed by atoms with Gasteiger partial charge >= 0.3 is 0 Å². The van der Waals surface area contributed by atoms with Crippen molar-refractivity contribution in [2.45, 2.75) is 72.9 Å². The third-order valence-corrected chi connectivity index (χ3v) is 12.6. The standard InChI is InChI=1S/C35H27N2O.C19H26NSi.Ir/c1-35(2,3)24-20-21-30(28(22-24)23-12-5-4-6-13-23)37-31-18-9-8-17-29(31)36-34(37)27-16-11-15-26-25-14-7-10-19-32(25)38-33(26)27;1-14(2)11-17-12-18(16-9-7-15(3)8-10-16)20-13-19(17)21(4,5)6;/h4-15,17-22H,1-3H3;7-9,12-14H,11H2,1-6H3;/q2*-1;/i;3D3,11D2;. The number of hydrogen-bond donors (Lipinski definition) is 0. The number of benzene rings is 6. The van der Waals surface area contributed by atoms with Crippen molar-refractivity contribution in [1.29, 1.82) is 0 Å². The Labute approximate surface area is 377 Å². The first-order valence-corrected chi connectivity index (χ1v) is 23.8. The predicted octanol–water partition coefficient (Wildman–Crippen LogP) is 14.0. The Morgan fingerprint density at radius 1 is 0.833 bits per heavy atom. The number of imidazole rings is 1. The zero-order chi connectivity index (χ0) is 45.8. The maximum absolute atomic E-state index is 8.59. The number of hydrogen-bond acceptors (Lipinski definition) is 3. The molecule has 0 amide bonds. The largest absolute Gasteiger partial charge is 0.501 e. The van der Waals surface area contributed by atoms with Crippen LogP contribution in [0.2, 0.25) is 19.6 Å². The summed E-state index contributed by atoms with van der Waals surface area (Å²) in [5.74, 6) is 0.645. The smallest absolute Gasteiger partial charge is 0.120 e. The van der Waals surface area contributed by atoms with Crippen LogP contribution in [-0.2, 0) is 31.9 Å². The van der Waals surface area contributed by atoms with Gasteiger partial charge in [0.2, 0.25) is 0 Å². The van der Waals surface area contributed by atoms with Crippen molar-refractivity contribution in [2.24, 2.45) is 5.92 Å². The second-order valence-corrected chi connectivity index (χ2v) is 22.5. The molecular weight excluding hydrogens is 927 g/mol. The molecule has 0 saturated carbocycles. The molecule has 6 heteroatoms. The van der Waals surface area contributed by atoms with E-state index in [1.807, 2.05) is 50.2 Å². The van der Waals surface area contributed by atoms with Crippen LogP contribution in [0.1, 0.15) is 58.2 Å².